The van der Waals surface area contributed by atoms with Gasteiger partial charge in [0, 0.05) is 12.3 Å². The molecule has 0 saturated heterocycles. The number of non-ortho nitro benzene ring substituents is 1. The summed E-state index contributed by atoms with van der Waals surface area (Å²) in [5.41, 5.74) is 0.715. The molecule has 0 aliphatic rings. The van der Waals surface area contributed by atoms with Crippen LogP contribution in [0.2, 0.25) is 0 Å². The molecule has 0 aliphatic carbocycles. The Labute approximate surface area is 129 Å². The Kier molecular flexibility index (Phi) is 7.39. The van der Waals surface area contributed by atoms with Crippen molar-refractivity contribution in [3.63, 3.8) is 0 Å². The molecule has 0 saturated carbocycles. The van der Waals surface area contributed by atoms with E-state index in [9.17, 15) is 10.1 Å². The van der Waals surface area contributed by atoms with Crippen LogP contribution in [-0.2, 0) is 0 Å². The first-order valence-electron chi connectivity index (χ1n) is 6.74. The Morgan fingerprint density at radius 2 is 2.19 bits per heavy atom. The molecule has 0 atom stereocenters. The van der Waals surface area contributed by atoms with E-state index in [0.29, 0.717) is 17.2 Å². The van der Waals surface area contributed by atoms with Crippen molar-refractivity contribution < 1.29 is 9.66 Å². The van der Waals surface area contributed by atoms with Crippen LogP contribution >= 0.6 is 11.9 Å². The Bertz CT molecular complexity index is 542. The van der Waals surface area contributed by atoms with Gasteiger partial charge in [-0.15, -0.1) is 0 Å². The van der Waals surface area contributed by atoms with Crippen LogP contribution in [0.1, 0.15) is 26.7 Å². The number of hydrogen-bond donors (Lipinski definition) is 1. The summed E-state index contributed by atoms with van der Waals surface area (Å²) >= 11 is 1.40. The van der Waals surface area contributed by atoms with Crippen LogP contribution < -0.4 is 9.46 Å². The van der Waals surface area contributed by atoms with Gasteiger partial charge in [-0.1, -0.05) is 31.9 Å². The number of nitrogens with one attached hydrogen (secondary N) is 1. The largest absolute Gasteiger partial charge is 0.455 e. The van der Waals surface area contributed by atoms with Gasteiger partial charge in [0.15, 0.2) is 5.75 Å². The second-order valence-corrected chi connectivity index (χ2v) is 4.78. The Hall–Kier alpha value is -1.95. The Morgan fingerprint density at radius 1 is 1.43 bits per heavy atom. The van der Waals surface area contributed by atoms with E-state index in [1.165, 1.54) is 24.1 Å². The summed E-state index contributed by atoms with van der Waals surface area (Å²) in [5, 5.41) is 10.9. The van der Waals surface area contributed by atoms with Crippen LogP contribution in [0.3, 0.4) is 0 Å². The maximum atomic E-state index is 10.9. The molecular weight excluding hydrogens is 288 g/mol. The van der Waals surface area contributed by atoms with Gasteiger partial charge in [-0.05, 0) is 31.1 Å². The highest BCUT2D eigenvalue weighted by molar-refractivity contribution is 7.99. The number of nitro groups is 1. The summed E-state index contributed by atoms with van der Waals surface area (Å²) in [6, 6.07) is 4.54. The highest BCUT2D eigenvalue weighted by Gasteiger charge is 2.12. The van der Waals surface area contributed by atoms with Gasteiger partial charge in [-0.3, -0.25) is 10.1 Å². The van der Waals surface area contributed by atoms with Crippen molar-refractivity contribution in [2.45, 2.75) is 26.7 Å². The summed E-state index contributed by atoms with van der Waals surface area (Å²) < 4.78 is 8.89. The Balaban J connectivity index is 3.12. The summed E-state index contributed by atoms with van der Waals surface area (Å²) in [6.45, 7) is 4.05. The first-order valence-corrected chi connectivity index (χ1v) is 7.96. The van der Waals surface area contributed by atoms with Gasteiger partial charge in [-0.25, -0.2) is 0 Å². The zero-order valence-electron chi connectivity index (χ0n) is 12.5. The van der Waals surface area contributed by atoms with E-state index in [4.69, 9.17) is 4.74 Å². The summed E-state index contributed by atoms with van der Waals surface area (Å²) in [7, 11) is 0. The number of nitro benzene ring substituents is 1. The van der Waals surface area contributed by atoms with Gasteiger partial charge < -0.3 is 9.46 Å². The minimum Gasteiger partial charge on any atom is -0.455 e. The highest BCUT2D eigenvalue weighted by atomic mass is 32.2. The summed E-state index contributed by atoms with van der Waals surface area (Å²) in [4.78, 5) is 10.5. The molecule has 5 nitrogen and oxygen atoms in total. The number of ether oxygens (including phenoxy) is 1. The van der Waals surface area contributed by atoms with Crippen molar-refractivity contribution in [2.24, 2.45) is 0 Å². The highest BCUT2D eigenvalue weighted by Crippen LogP contribution is 2.32. The van der Waals surface area contributed by atoms with Crippen LogP contribution in [0.25, 0.3) is 0 Å². The monoisotopic (exact) mass is 308 g/mol. The van der Waals surface area contributed by atoms with Gasteiger partial charge in [0.25, 0.3) is 5.69 Å². The maximum Gasteiger partial charge on any atom is 0.273 e. The standard InChI is InChI=1S/C15H20N2O3S/c1-4-6-8-13(7-5-2)20-15-11-12(17(18)19)9-10-14(15)16-21-3/h6-11,16H,4-5H2,1-3H3/b8-6-,13-7+. The molecule has 0 aliphatic heterocycles. The lowest BCUT2D eigenvalue weighted by Crippen LogP contribution is -1.98. The number of rotatable bonds is 8. The van der Waals surface area contributed by atoms with E-state index in [2.05, 4.69) is 4.72 Å². The average molecular weight is 308 g/mol. The van der Waals surface area contributed by atoms with Crippen LogP contribution in [-0.4, -0.2) is 11.2 Å². The molecule has 1 aromatic rings. The minimum atomic E-state index is -0.430. The molecule has 0 amide bonds. The lowest BCUT2D eigenvalue weighted by molar-refractivity contribution is -0.384. The maximum absolute atomic E-state index is 10.9. The second kappa shape index (κ2) is 9.07. The lowest BCUT2D eigenvalue weighted by atomic mass is 10.2. The van der Waals surface area contributed by atoms with Crippen LogP contribution in [0.4, 0.5) is 11.4 Å². The second-order valence-electron chi connectivity index (χ2n) is 4.17. The van der Waals surface area contributed by atoms with Crippen molar-refractivity contribution in [1.29, 1.82) is 0 Å². The molecule has 0 unspecified atom stereocenters. The molecule has 0 radical (unpaired) electrons. The molecule has 21 heavy (non-hydrogen) atoms. The molecule has 0 spiro atoms. The topological polar surface area (TPSA) is 64.4 Å². The van der Waals surface area contributed by atoms with E-state index in [0.717, 1.165) is 12.8 Å². The fourth-order valence-corrected chi connectivity index (χ4v) is 2.00. The van der Waals surface area contributed by atoms with Crippen molar-refractivity contribution in [2.75, 3.05) is 11.0 Å². The molecule has 6 heteroatoms. The number of benzene rings is 1. The molecule has 0 fully saturated rings. The molecule has 0 bridgehead atoms. The predicted molar refractivity (Wildman–Crippen MR) is 88.7 cm³/mol. The van der Waals surface area contributed by atoms with Gasteiger partial charge in [0.1, 0.15) is 5.76 Å². The third kappa shape index (κ3) is 5.51. The normalized spacial score (nSPS) is 11.7. The third-order valence-electron chi connectivity index (χ3n) is 2.54. The number of allylic oxidation sites excluding steroid dienone is 3. The van der Waals surface area contributed by atoms with E-state index < -0.39 is 4.92 Å². The smallest absolute Gasteiger partial charge is 0.273 e. The van der Waals surface area contributed by atoms with Gasteiger partial charge in [0.2, 0.25) is 0 Å². The van der Waals surface area contributed by atoms with Crippen molar-refractivity contribution in [3.05, 3.63) is 52.3 Å². The van der Waals surface area contributed by atoms with Gasteiger partial charge in [0.05, 0.1) is 16.7 Å². The molecule has 0 heterocycles. The van der Waals surface area contributed by atoms with Gasteiger partial charge >= 0.3 is 0 Å². The first-order chi connectivity index (χ1) is 10.1. The number of anilines is 1. The molecule has 114 valence electrons. The van der Waals surface area contributed by atoms with Gasteiger partial charge in [-0.2, -0.15) is 0 Å². The van der Waals surface area contributed by atoms with E-state index in [-0.39, 0.29) is 5.69 Å². The molecule has 0 aromatic heterocycles. The fourth-order valence-electron chi connectivity index (χ4n) is 1.61. The molecule has 1 N–H and O–H groups in total. The lowest BCUT2D eigenvalue weighted by Gasteiger charge is -2.12. The van der Waals surface area contributed by atoms with E-state index >= 15 is 0 Å². The SMILES string of the molecule is CC/C=C\C(=C/CC)Oc1cc([N+](=O)[O-])ccc1NSC. The minimum absolute atomic E-state index is 0.00646. The summed E-state index contributed by atoms with van der Waals surface area (Å²) in [6.07, 6.45) is 9.41. The zero-order chi connectivity index (χ0) is 15.7. The average Bonchev–Trinajstić information content (AvgIpc) is 2.46. The number of hydrogen-bond acceptors (Lipinski definition) is 5. The molecule has 1 rings (SSSR count). The van der Waals surface area contributed by atoms with E-state index in [1.807, 2.05) is 38.3 Å². The summed E-state index contributed by atoms with van der Waals surface area (Å²) in [5.74, 6) is 1.13. The number of nitrogens with zero attached hydrogens (tertiary/aromatic N) is 1. The first kappa shape index (κ1) is 17.1. The van der Waals surface area contributed by atoms with E-state index in [1.54, 1.807) is 6.07 Å². The Morgan fingerprint density at radius 3 is 2.76 bits per heavy atom. The zero-order valence-corrected chi connectivity index (χ0v) is 13.3. The van der Waals surface area contributed by atoms with Crippen LogP contribution in [0.15, 0.2) is 42.2 Å². The molecular formula is C15H20N2O3S. The molecule has 1 aromatic carbocycles. The third-order valence-corrected chi connectivity index (χ3v) is 2.96. The van der Waals surface area contributed by atoms with Crippen LogP contribution in [0, 0.1) is 10.1 Å². The van der Waals surface area contributed by atoms with Crippen molar-refractivity contribution in [1.82, 2.24) is 0 Å². The van der Waals surface area contributed by atoms with Crippen molar-refractivity contribution >= 4 is 23.3 Å². The fraction of sp³-hybridized carbons (Fsp3) is 0.333. The van der Waals surface area contributed by atoms with Crippen LogP contribution in [0.5, 0.6) is 5.75 Å². The predicted octanol–water partition coefficient (Wildman–Crippen LogP) is 4.92. The van der Waals surface area contributed by atoms with Crippen molar-refractivity contribution in [3.8, 4) is 5.75 Å². The quantitative estimate of drug-likeness (QED) is 0.243.